The van der Waals surface area contributed by atoms with E-state index in [-0.39, 0.29) is 12.8 Å². The predicted octanol–water partition coefficient (Wildman–Crippen LogP) is 2.88. The number of imidazole rings is 1. The molecule has 0 amide bonds. The first kappa shape index (κ1) is 14.1. The number of nitrogens with zero attached hydrogens (tertiary/aromatic N) is 2. The summed E-state index contributed by atoms with van der Waals surface area (Å²) in [5.41, 5.74) is 9.11. The Morgan fingerprint density at radius 3 is 2.65 bits per heavy atom. The molecule has 0 saturated heterocycles. The van der Waals surface area contributed by atoms with Crippen LogP contribution in [0.3, 0.4) is 0 Å². The molecule has 1 aliphatic heterocycles. The summed E-state index contributed by atoms with van der Waals surface area (Å²) in [7, 11) is 0. The van der Waals surface area contributed by atoms with E-state index in [0.29, 0.717) is 6.54 Å². The number of fused-ring (bicyclic) bond motifs is 2. The Hall–Kier alpha value is -2.53. The van der Waals surface area contributed by atoms with Gasteiger partial charge in [-0.25, -0.2) is 4.98 Å². The van der Waals surface area contributed by atoms with Crippen molar-refractivity contribution in [2.24, 2.45) is 5.73 Å². The molecule has 0 spiro atoms. The smallest absolute Gasteiger partial charge is 0.231 e. The summed E-state index contributed by atoms with van der Waals surface area (Å²) in [5, 5.41) is 0. The fourth-order valence-electron chi connectivity index (χ4n) is 3.04. The van der Waals surface area contributed by atoms with E-state index in [2.05, 4.69) is 23.6 Å². The molecular formula is C18H19N3O2. The van der Waals surface area contributed by atoms with Gasteiger partial charge in [0.05, 0.1) is 11.0 Å². The molecule has 3 aromatic rings. The second-order valence-corrected chi connectivity index (χ2v) is 5.84. The van der Waals surface area contributed by atoms with Gasteiger partial charge < -0.3 is 19.8 Å². The molecule has 2 aromatic carbocycles. The first-order valence-electron chi connectivity index (χ1n) is 7.80. The zero-order valence-corrected chi connectivity index (χ0v) is 13.0. The van der Waals surface area contributed by atoms with Crippen LogP contribution >= 0.6 is 0 Å². The van der Waals surface area contributed by atoms with Gasteiger partial charge in [0.25, 0.3) is 0 Å². The van der Waals surface area contributed by atoms with Gasteiger partial charge in [0.15, 0.2) is 11.5 Å². The zero-order chi connectivity index (χ0) is 15.8. The number of rotatable bonds is 4. The Labute approximate surface area is 134 Å². The number of nitrogens with two attached hydrogens (primary N) is 1. The first-order chi connectivity index (χ1) is 11.3. The quantitative estimate of drug-likeness (QED) is 0.805. The summed E-state index contributed by atoms with van der Waals surface area (Å²) in [6.07, 6.45) is 0.770. The highest BCUT2D eigenvalue weighted by molar-refractivity contribution is 5.81. The van der Waals surface area contributed by atoms with Crippen molar-refractivity contribution in [2.75, 3.05) is 13.3 Å². The van der Waals surface area contributed by atoms with Gasteiger partial charge in [-0.2, -0.15) is 0 Å². The largest absolute Gasteiger partial charge is 0.454 e. The van der Waals surface area contributed by atoms with Crippen LogP contribution in [0.4, 0.5) is 0 Å². The van der Waals surface area contributed by atoms with Crippen molar-refractivity contribution in [3.05, 3.63) is 53.9 Å². The average Bonchev–Trinajstić information content (AvgIpc) is 3.16. The van der Waals surface area contributed by atoms with Crippen LogP contribution in [0.25, 0.3) is 11.0 Å². The van der Waals surface area contributed by atoms with E-state index in [1.807, 2.05) is 30.3 Å². The Morgan fingerprint density at radius 2 is 1.91 bits per heavy atom. The minimum Gasteiger partial charge on any atom is -0.454 e. The fourth-order valence-corrected chi connectivity index (χ4v) is 3.04. The third-order valence-electron chi connectivity index (χ3n) is 4.24. The molecular weight excluding hydrogens is 290 g/mol. The number of hydrogen-bond donors (Lipinski definition) is 1. The van der Waals surface area contributed by atoms with Crippen LogP contribution in [-0.2, 0) is 6.42 Å². The molecule has 118 valence electrons. The third-order valence-corrected chi connectivity index (χ3v) is 4.24. The topological polar surface area (TPSA) is 62.3 Å². The van der Waals surface area contributed by atoms with E-state index in [9.17, 15) is 0 Å². The number of aromatic nitrogens is 2. The van der Waals surface area contributed by atoms with Crippen molar-refractivity contribution in [2.45, 2.75) is 19.4 Å². The SMILES string of the molecule is CC(CN)n1c(Cc2ccccc2)nc2cc3c(cc21)OCO3. The number of benzene rings is 2. The van der Waals surface area contributed by atoms with Crippen LogP contribution in [-0.4, -0.2) is 22.9 Å². The van der Waals surface area contributed by atoms with Gasteiger partial charge in [-0.3, -0.25) is 0 Å². The summed E-state index contributed by atoms with van der Waals surface area (Å²) < 4.78 is 13.2. The van der Waals surface area contributed by atoms with Gasteiger partial charge in [-0.1, -0.05) is 30.3 Å². The molecule has 2 heterocycles. The molecule has 5 nitrogen and oxygen atoms in total. The van der Waals surface area contributed by atoms with Crippen LogP contribution in [0.15, 0.2) is 42.5 Å². The Morgan fingerprint density at radius 1 is 1.17 bits per heavy atom. The lowest BCUT2D eigenvalue weighted by molar-refractivity contribution is 0.174. The maximum absolute atomic E-state index is 5.92. The zero-order valence-electron chi connectivity index (χ0n) is 13.0. The molecule has 1 aliphatic rings. The van der Waals surface area contributed by atoms with E-state index in [0.717, 1.165) is 34.8 Å². The van der Waals surface area contributed by atoms with Gasteiger partial charge in [0.2, 0.25) is 6.79 Å². The Bertz CT molecular complexity index is 842. The third kappa shape index (κ3) is 2.43. The normalized spacial score (nSPS) is 14.3. The lowest BCUT2D eigenvalue weighted by Crippen LogP contribution is -2.18. The van der Waals surface area contributed by atoms with Gasteiger partial charge >= 0.3 is 0 Å². The fraction of sp³-hybridized carbons (Fsp3) is 0.278. The van der Waals surface area contributed by atoms with Crippen LogP contribution in [0.2, 0.25) is 0 Å². The van der Waals surface area contributed by atoms with E-state index in [1.54, 1.807) is 0 Å². The second-order valence-electron chi connectivity index (χ2n) is 5.84. The van der Waals surface area contributed by atoms with Crippen molar-refractivity contribution in [1.82, 2.24) is 9.55 Å². The number of hydrogen-bond acceptors (Lipinski definition) is 4. The Balaban J connectivity index is 1.85. The van der Waals surface area contributed by atoms with Crippen LogP contribution < -0.4 is 15.2 Å². The maximum atomic E-state index is 5.92. The van der Waals surface area contributed by atoms with Crippen molar-refractivity contribution in [3.8, 4) is 11.5 Å². The molecule has 0 aliphatic carbocycles. The molecule has 2 N–H and O–H groups in total. The molecule has 4 rings (SSSR count). The monoisotopic (exact) mass is 309 g/mol. The first-order valence-corrected chi connectivity index (χ1v) is 7.80. The van der Waals surface area contributed by atoms with Crippen molar-refractivity contribution >= 4 is 11.0 Å². The second kappa shape index (κ2) is 5.59. The van der Waals surface area contributed by atoms with Crippen LogP contribution in [0.1, 0.15) is 24.4 Å². The van der Waals surface area contributed by atoms with Crippen molar-refractivity contribution in [1.29, 1.82) is 0 Å². The summed E-state index contributed by atoms with van der Waals surface area (Å²) in [5.74, 6) is 2.54. The molecule has 23 heavy (non-hydrogen) atoms. The molecule has 0 radical (unpaired) electrons. The highest BCUT2D eigenvalue weighted by Crippen LogP contribution is 2.37. The molecule has 1 unspecified atom stereocenters. The Kier molecular flexibility index (Phi) is 3.42. The van der Waals surface area contributed by atoms with E-state index >= 15 is 0 Å². The van der Waals surface area contributed by atoms with Gasteiger partial charge in [0.1, 0.15) is 5.82 Å². The summed E-state index contributed by atoms with van der Waals surface area (Å²) in [6.45, 7) is 2.94. The van der Waals surface area contributed by atoms with Crippen molar-refractivity contribution in [3.63, 3.8) is 0 Å². The van der Waals surface area contributed by atoms with Gasteiger partial charge in [-0.15, -0.1) is 0 Å². The van der Waals surface area contributed by atoms with Crippen LogP contribution in [0, 0.1) is 0 Å². The van der Waals surface area contributed by atoms with E-state index < -0.39 is 0 Å². The highest BCUT2D eigenvalue weighted by atomic mass is 16.7. The average molecular weight is 309 g/mol. The highest BCUT2D eigenvalue weighted by Gasteiger charge is 2.21. The minimum absolute atomic E-state index is 0.166. The lowest BCUT2D eigenvalue weighted by atomic mass is 10.1. The standard InChI is InChI=1S/C18H19N3O2/c1-12(10-19)21-15-9-17-16(22-11-23-17)8-14(15)20-18(21)7-13-5-3-2-4-6-13/h2-6,8-9,12H,7,10-11,19H2,1H3. The molecule has 5 heteroatoms. The summed E-state index contributed by atoms with van der Waals surface area (Å²) in [4.78, 5) is 4.83. The number of ether oxygens (including phenoxy) is 2. The lowest BCUT2D eigenvalue weighted by Gasteiger charge is -2.16. The van der Waals surface area contributed by atoms with Crippen molar-refractivity contribution < 1.29 is 9.47 Å². The van der Waals surface area contributed by atoms with E-state index in [4.69, 9.17) is 20.2 Å². The van der Waals surface area contributed by atoms with Gasteiger partial charge in [0, 0.05) is 31.1 Å². The van der Waals surface area contributed by atoms with Crippen LogP contribution in [0.5, 0.6) is 11.5 Å². The van der Waals surface area contributed by atoms with Gasteiger partial charge in [-0.05, 0) is 12.5 Å². The maximum Gasteiger partial charge on any atom is 0.231 e. The minimum atomic E-state index is 0.166. The summed E-state index contributed by atoms with van der Waals surface area (Å²) >= 11 is 0. The predicted molar refractivity (Wildman–Crippen MR) is 88.9 cm³/mol. The molecule has 0 fully saturated rings. The molecule has 0 saturated carbocycles. The molecule has 1 atom stereocenters. The van der Waals surface area contributed by atoms with E-state index in [1.165, 1.54) is 5.56 Å². The molecule has 0 bridgehead atoms. The summed E-state index contributed by atoms with van der Waals surface area (Å²) in [6, 6.07) is 14.5. The molecule has 1 aromatic heterocycles.